The summed E-state index contributed by atoms with van der Waals surface area (Å²) in [5, 5.41) is 16.1. The van der Waals surface area contributed by atoms with Crippen LogP contribution < -0.4 is 10.6 Å². The minimum atomic E-state index is -1.12. The van der Waals surface area contributed by atoms with Crippen LogP contribution >= 0.6 is 0 Å². The summed E-state index contributed by atoms with van der Waals surface area (Å²) in [5.74, 6) is -1.53. The van der Waals surface area contributed by atoms with Crippen LogP contribution in [-0.2, 0) is 32.3 Å². The molecule has 0 saturated carbocycles. The number of likely N-dealkylation sites (tertiary alicyclic amines) is 1. The number of amides is 3. The van der Waals surface area contributed by atoms with Crippen molar-refractivity contribution < 1.29 is 33.8 Å². The van der Waals surface area contributed by atoms with E-state index in [0.717, 1.165) is 11.1 Å². The first-order valence-electron chi connectivity index (χ1n) is 14.3. The maximum Gasteiger partial charge on any atom is 0.408 e. The molecule has 1 aliphatic heterocycles. The molecule has 228 valence electrons. The number of benzene rings is 1. The fourth-order valence-corrected chi connectivity index (χ4v) is 4.85. The van der Waals surface area contributed by atoms with Crippen LogP contribution in [0.25, 0.3) is 0 Å². The van der Waals surface area contributed by atoms with Gasteiger partial charge in [0.05, 0.1) is 18.1 Å². The number of aliphatic hydroxyl groups excluding tert-OH is 1. The van der Waals surface area contributed by atoms with Gasteiger partial charge in [-0.05, 0) is 47.9 Å². The highest BCUT2D eigenvalue weighted by molar-refractivity contribution is 5.92. The zero-order valence-corrected chi connectivity index (χ0v) is 24.7. The highest BCUT2D eigenvalue weighted by Gasteiger charge is 2.43. The number of nitrogens with zero attached hydrogens (tertiary/aromatic N) is 2. The zero-order valence-electron chi connectivity index (χ0n) is 24.7. The van der Waals surface area contributed by atoms with Crippen molar-refractivity contribution in [2.45, 2.75) is 71.9 Å². The van der Waals surface area contributed by atoms with E-state index in [0.29, 0.717) is 12.8 Å². The van der Waals surface area contributed by atoms with E-state index in [1.165, 1.54) is 4.90 Å². The standard InChI is InChI=1S/C31H42N4O7/c1-20(2)14-25(33-30(39)42-19-23-10-12-32-13-11-23)28(37)24-16-35(17-27(24)36)29(38)26(15-21(3)4)34-31(40)41-18-22-8-6-5-7-9-22/h5-13,20-21,24-27,36H,14-19H2,1-4H3,(H,33,39)(H,34,40)/t24?,25-,26-,27?/m0/s1. The van der Waals surface area contributed by atoms with E-state index in [2.05, 4.69) is 15.6 Å². The number of hydrogen-bond donors (Lipinski definition) is 3. The fraction of sp³-hybridized carbons (Fsp3) is 0.516. The molecule has 0 spiro atoms. The summed E-state index contributed by atoms with van der Waals surface area (Å²) in [7, 11) is 0. The fourth-order valence-electron chi connectivity index (χ4n) is 4.85. The van der Waals surface area contributed by atoms with Gasteiger partial charge in [0.25, 0.3) is 0 Å². The average Bonchev–Trinajstić information content (AvgIpc) is 3.35. The molecule has 3 amide bonds. The third-order valence-corrected chi connectivity index (χ3v) is 6.94. The molecular formula is C31H42N4O7. The van der Waals surface area contributed by atoms with Crippen molar-refractivity contribution in [2.75, 3.05) is 13.1 Å². The Morgan fingerprint density at radius 1 is 0.833 bits per heavy atom. The van der Waals surface area contributed by atoms with Crippen molar-refractivity contribution in [1.29, 1.82) is 0 Å². The third-order valence-electron chi connectivity index (χ3n) is 6.94. The Morgan fingerprint density at radius 3 is 1.93 bits per heavy atom. The molecule has 1 aromatic carbocycles. The Hall–Kier alpha value is -3.99. The largest absolute Gasteiger partial charge is 0.445 e. The maximum atomic E-state index is 13.5. The molecule has 2 unspecified atom stereocenters. The number of nitrogens with one attached hydrogen (secondary N) is 2. The van der Waals surface area contributed by atoms with Gasteiger partial charge < -0.3 is 30.1 Å². The normalized spacial score (nSPS) is 17.9. The van der Waals surface area contributed by atoms with Crippen molar-refractivity contribution in [2.24, 2.45) is 17.8 Å². The molecule has 0 bridgehead atoms. The minimum Gasteiger partial charge on any atom is -0.445 e. The monoisotopic (exact) mass is 582 g/mol. The summed E-state index contributed by atoms with van der Waals surface area (Å²) < 4.78 is 10.6. The van der Waals surface area contributed by atoms with Crippen LogP contribution in [0.3, 0.4) is 0 Å². The van der Waals surface area contributed by atoms with Gasteiger partial charge in [-0.3, -0.25) is 14.6 Å². The SMILES string of the molecule is CC(C)C[C@H](NC(=O)OCc1ccncc1)C(=O)C1CN(C(=O)[C@H](CC(C)C)NC(=O)OCc2ccccc2)CC1O. The second-order valence-corrected chi connectivity index (χ2v) is 11.5. The van der Waals surface area contributed by atoms with Gasteiger partial charge >= 0.3 is 12.2 Å². The summed E-state index contributed by atoms with van der Waals surface area (Å²) in [6.07, 6.45) is 1.28. The van der Waals surface area contributed by atoms with Crippen molar-refractivity contribution in [3.8, 4) is 0 Å². The van der Waals surface area contributed by atoms with Gasteiger partial charge in [0.15, 0.2) is 5.78 Å². The van der Waals surface area contributed by atoms with Crippen LogP contribution in [0, 0.1) is 17.8 Å². The highest BCUT2D eigenvalue weighted by atomic mass is 16.6. The molecule has 11 nitrogen and oxygen atoms in total. The second-order valence-electron chi connectivity index (χ2n) is 11.5. The number of ketones is 1. The van der Waals surface area contributed by atoms with E-state index in [1.807, 2.05) is 58.0 Å². The van der Waals surface area contributed by atoms with Gasteiger partial charge in [-0.15, -0.1) is 0 Å². The lowest BCUT2D eigenvalue weighted by atomic mass is 9.90. The average molecular weight is 583 g/mol. The van der Waals surface area contributed by atoms with Crippen molar-refractivity contribution in [3.05, 3.63) is 66.0 Å². The van der Waals surface area contributed by atoms with E-state index >= 15 is 0 Å². The number of alkyl carbamates (subject to hydrolysis) is 2. The molecular weight excluding hydrogens is 540 g/mol. The molecule has 42 heavy (non-hydrogen) atoms. The zero-order chi connectivity index (χ0) is 30.6. The molecule has 2 aromatic rings. The van der Waals surface area contributed by atoms with E-state index in [4.69, 9.17) is 9.47 Å². The third kappa shape index (κ3) is 10.1. The molecule has 4 atom stereocenters. The Kier molecular flexibility index (Phi) is 12.3. The van der Waals surface area contributed by atoms with Gasteiger partial charge in [0.2, 0.25) is 5.91 Å². The number of Topliss-reactive ketones (excluding diaryl/α,β-unsaturated/α-hetero) is 1. The quantitative estimate of drug-likeness (QED) is 0.325. The van der Waals surface area contributed by atoms with Gasteiger partial charge in [0, 0.05) is 25.5 Å². The van der Waals surface area contributed by atoms with Gasteiger partial charge in [-0.1, -0.05) is 58.0 Å². The number of pyridine rings is 1. The van der Waals surface area contributed by atoms with Crippen molar-refractivity contribution >= 4 is 23.9 Å². The Balaban J connectivity index is 1.61. The lowest BCUT2D eigenvalue weighted by Gasteiger charge is -2.26. The lowest BCUT2D eigenvalue weighted by molar-refractivity contribution is -0.133. The van der Waals surface area contributed by atoms with Crippen LogP contribution in [0.15, 0.2) is 54.9 Å². The number of aromatic nitrogens is 1. The molecule has 3 rings (SSSR count). The molecule has 1 aromatic heterocycles. The first-order chi connectivity index (χ1) is 20.0. The first-order valence-corrected chi connectivity index (χ1v) is 14.3. The van der Waals surface area contributed by atoms with Crippen LogP contribution in [0.1, 0.15) is 51.7 Å². The predicted molar refractivity (Wildman–Crippen MR) is 155 cm³/mol. The lowest BCUT2D eigenvalue weighted by Crippen LogP contribution is -2.49. The molecule has 1 fully saturated rings. The maximum absolute atomic E-state index is 13.5. The first kappa shape index (κ1) is 32.5. The summed E-state index contributed by atoms with van der Waals surface area (Å²) in [6, 6.07) is 10.8. The van der Waals surface area contributed by atoms with Crippen LogP contribution in [0.5, 0.6) is 0 Å². The van der Waals surface area contributed by atoms with Gasteiger partial charge in [-0.2, -0.15) is 0 Å². The second kappa shape index (κ2) is 15.9. The molecule has 0 aliphatic carbocycles. The highest BCUT2D eigenvalue weighted by Crippen LogP contribution is 2.23. The van der Waals surface area contributed by atoms with Crippen LogP contribution in [-0.4, -0.2) is 70.1 Å². The van der Waals surface area contributed by atoms with Gasteiger partial charge in [0.1, 0.15) is 19.3 Å². The number of ether oxygens (including phenoxy) is 2. The molecule has 11 heteroatoms. The van der Waals surface area contributed by atoms with Crippen molar-refractivity contribution in [1.82, 2.24) is 20.5 Å². The minimum absolute atomic E-state index is 0.0172. The van der Waals surface area contributed by atoms with E-state index < -0.39 is 42.2 Å². The summed E-state index contributed by atoms with van der Waals surface area (Å²) in [4.78, 5) is 57.4. The smallest absolute Gasteiger partial charge is 0.408 e. The number of hydrogen-bond acceptors (Lipinski definition) is 8. The topological polar surface area (TPSA) is 147 Å². The summed E-state index contributed by atoms with van der Waals surface area (Å²) in [6.45, 7) is 7.68. The molecule has 0 radical (unpaired) electrons. The van der Waals surface area contributed by atoms with E-state index in [9.17, 15) is 24.3 Å². The number of β-amino-alcohol motifs (C(OH)–C–C–N with tert-alkyl or cyclic N) is 1. The molecule has 1 aliphatic rings. The van der Waals surface area contributed by atoms with Crippen LogP contribution in [0.2, 0.25) is 0 Å². The van der Waals surface area contributed by atoms with Crippen molar-refractivity contribution in [3.63, 3.8) is 0 Å². The Labute approximate surface area is 247 Å². The molecule has 3 N–H and O–H groups in total. The predicted octanol–water partition coefficient (Wildman–Crippen LogP) is 3.45. The molecule has 1 saturated heterocycles. The summed E-state index contributed by atoms with van der Waals surface area (Å²) >= 11 is 0. The van der Waals surface area contributed by atoms with Gasteiger partial charge in [-0.25, -0.2) is 9.59 Å². The molecule has 2 heterocycles. The van der Waals surface area contributed by atoms with E-state index in [-0.39, 0.29) is 43.9 Å². The van der Waals surface area contributed by atoms with Crippen LogP contribution in [0.4, 0.5) is 9.59 Å². The number of aliphatic hydroxyl groups is 1. The number of carbonyl (C=O) groups is 4. The van der Waals surface area contributed by atoms with E-state index in [1.54, 1.807) is 24.5 Å². The Morgan fingerprint density at radius 2 is 1.36 bits per heavy atom. The Bertz CT molecular complexity index is 1180. The summed E-state index contributed by atoms with van der Waals surface area (Å²) in [5.41, 5.74) is 1.56. The number of rotatable bonds is 13. The number of carbonyl (C=O) groups excluding carboxylic acids is 4.